The van der Waals surface area contributed by atoms with E-state index in [-0.39, 0.29) is 12.0 Å². The van der Waals surface area contributed by atoms with E-state index in [1.54, 1.807) is 13.0 Å². The molecule has 0 fully saturated rings. The summed E-state index contributed by atoms with van der Waals surface area (Å²) in [5, 5.41) is 9.06. The summed E-state index contributed by atoms with van der Waals surface area (Å²) in [6.45, 7) is 3.48. The van der Waals surface area contributed by atoms with Crippen molar-refractivity contribution in [3.8, 4) is 11.5 Å². The summed E-state index contributed by atoms with van der Waals surface area (Å²) in [4.78, 5) is 23.3. The summed E-state index contributed by atoms with van der Waals surface area (Å²) < 4.78 is 10.3. The second kappa shape index (κ2) is 6.22. The Morgan fingerprint density at radius 1 is 1.21 bits per heavy atom. The number of carbonyl (C=O) groups is 2. The van der Waals surface area contributed by atoms with E-state index in [1.165, 1.54) is 20.3 Å². The molecule has 1 unspecified atom stereocenters. The molecule has 104 valence electrons. The molecule has 0 saturated heterocycles. The van der Waals surface area contributed by atoms with Gasteiger partial charge in [0.1, 0.15) is 17.4 Å². The van der Waals surface area contributed by atoms with Crippen LogP contribution < -0.4 is 9.47 Å². The Kier molecular flexibility index (Phi) is 4.92. The molecule has 1 aromatic rings. The third kappa shape index (κ3) is 3.05. The molecule has 1 rings (SSSR count). The van der Waals surface area contributed by atoms with Crippen LogP contribution >= 0.6 is 0 Å². The average Bonchev–Trinajstić information content (AvgIpc) is 2.38. The number of carbonyl (C=O) groups excluding carboxylic acids is 1. The lowest BCUT2D eigenvalue weighted by molar-refractivity contribution is -0.140. The van der Waals surface area contributed by atoms with Crippen molar-refractivity contribution in [1.29, 1.82) is 0 Å². The number of hydrogen-bond acceptors (Lipinski definition) is 4. The van der Waals surface area contributed by atoms with Crippen molar-refractivity contribution in [2.75, 3.05) is 14.2 Å². The lowest BCUT2D eigenvalue weighted by Crippen LogP contribution is -2.23. The third-order valence-corrected chi connectivity index (χ3v) is 3.01. The molecule has 1 aromatic carbocycles. The summed E-state index contributed by atoms with van der Waals surface area (Å²) in [6.07, 6.45) is 0.230. The summed E-state index contributed by atoms with van der Waals surface area (Å²) in [5.74, 6) is -1.77. The molecule has 0 aliphatic rings. The van der Waals surface area contributed by atoms with Gasteiger partial charge in [0.15, 0.2) is 5.78 Å². The molecule has 0 amide bonds. The minimum Gasteiger partial charge on any atom is -0.496 e. The second-order valence-electron chi connectivity index (χ2n) is 4.19. The maximum atomic E-state index is 12.3. The molecule has 0 aromatic heterocycles. The molecule has 1 atom stereocenters. The topological polar surface area (TPSA) is 72.8 Å². The first kappa shape index (κ1) is 15.0. The Labute approximate surface area is 112 Å². The van der Waals surface area contributed by atoms with Crippen LogP contribution in [-0.2, 0) is 4.79 Å². The van der Waals surface area contributed by atoms with Gasteiger partial charge in [0.2, 0.25) is 0 Å². The number of benzene rings is 1. The Bertz CT molecular complexity index is 493. The van der Waals surface area contributed by atoms with Crippen molar-refractivity contribution in [1.82, 2.24) is 0 Å². The van der Waals surface area contributed by atoms with Crippen LogP contribution in [0.3, 0.4) is 0 Å². The third-order valence-electron chi connectivity index (χ3n) is 3.01. The van der Waals surface area contributed by atoms with Gasteiger partial charge in [-0.25, -0.2) is 0 Å². The van der Waals surface area contributed by atoms with Crippen LogP contribution in [0.4, 0.5) is 0 Å². The second-order valence-corrected chi connectivity index (χ2v) is 4.19. The van der Waals surface area contributed by atoms with Gasteiger partial charge < -0.3 is 14.6 Å². The zero-order chi connectivity index (χ0) is 14.6. The first-order chi connectivity index (χ1) is 8.96. The van der Waals surface area contributed by atoms with E-state index in [4.69, 9.17) is 14.6 Å². The molecule has 0 aliphatic carbocycles. The highest BCUT2D eigenvalue weighted by molar-refractivity contribution is 6.09. The predicted molar refractivity (Wildman–Crippen MR) is 70.0 cm³/mol. The molecule has 0 bridgehead atoms. The van der Waals surface area contributed by atoms with Gasteiger partial charge in [-0.15, -0.1) is 0 Å². The fourth-order valence-electron chi connectivity index (χ4n) is 1.90. The fourth-order valence-corrected chi connectivity index (χ4v) is 1.90. The minimum atomic E-state index is -1.13. The summed E-state index contributed by atoms with van der Waals surface area (Å²) in [5.41, 5.74) is 1.05. The van der Waals surface area contributed by atoms with Crippen LogP contribution in [0.1, 0.15) is 29.3 Å². The molecule has 19 heavy (non-hydrogen) atoms. The van der Waals surface area contributed by atoms with Gasteiger partial charge in [0.05, 0.1) is 19.8 Å². The summed E-state index contributed by atoms with van der Waals surface area (Å²) in [7, 11) is 2.94. The lowest BCUT2D eigenvalue weighted by atomic mass is 9.94. The van der Waals surface area contributed by atoms with Crippen molar-refractivity contribution in [3.63, 3.8) is 0 Å². The van der Waals surface area contributed by atoms with Crippen LogP contribution in [0.15, 0.2) is 12.1 Å². The highest BCUT2D eigenvalue weighted by Crippen LogP contribution is 2.30. The SMILES string of the molecule is CCC(C(=O)O)C(=O)c1cc(OC)c(C)cc1OC. The van der Waals surface area contributed by atoms with Crippen molar-refractivity contribution in [2.45, 2.75) is 20.3 Å². The Morgan fingerprint density at radius 3 is 2.21 bits per heavy atom. The average molecular weight is 266 g/mol. The van der Waals surface area contributed by atoms with Crippen molar-refractivity contribution in [2.24, 2.45) is 5.92 Å². The maximum Gasteiger partial charge on any atom is 0.314 e. The quantitative estimate of drug-likeness (QED) is 0.631. The normalized spacial score (nSPS) is 11.8. The molecule has 0 aliphatic heterocycles. The van der Waals surface area contributed by atoms with E-state index in [2.05, 4.69) is 0 Å². The fraction of sp³-hybridized carbons (Fsp3) is 0.429. The van der Waals surface area contributed by atoms with E-state index in [9.17, 15) is 9.59 Å². The molecule has 5 heteroatoms. The van der Waals surface area contributed by atoms with E-state index >= 15 is 0 Å². The molecule has 5 nitrogen and oxygen atoms in total. The van der Waals surface area contributed by atoms with Crippen LogP contribution in [0, 0.1) is 12.8 Å². The van der Waals surface area contributed by atoms with Gasteiger partial charge in [-0.2, -0.15) is 0 Å². The number of aliphatic carboxylic acids is 1. The number of Topliss-reactive ketones (excluding diaryl/α,β-unsaturated/α-hetero) is 1. The van der Waals surface area contributed by atoms with E-state index in [0.29, 0.717) is 11.5 Å². The van der Waals surface area contributed by atoms with Gasteiger partial charge in [-0.05, 0) is 31.0 Å². The number of carboxylic acid groups (broad SMARTS) is 1. The van der Waals surface area contributed by atoms with Gasteiger partial charge in [0.25, 0.3) is 0 Å². The van der Waals surface area contributed by atoms with Crippen molar-refractivity contribution >= 4 is 11.8 Å². The molecule has 0 spiro atoms. The summed E-state index contributed by atoms with van der Waals surface area (Å²) in [6, 6.07) is 3.20. The van der Waals surface area contributed by atoms with Crippen molar-refractivity contribution in [3.05, 3.63) is 23.3 Å². The van der Waals surface area contributed by atoms with Crippen LogP contribution in [0.5, 0.6) is 11.5 Å². The highest BCUT2D eigenvalue weighted by atomic mass is 16.5. The molecule has 0 saturated carbocycles. The standard InChI is InChI=1S/C14H18O5/c1-5-9(14(16)17)13(15)10-7-11(18-3)8(2)6-12(10)19-4/h6-7,9H,5H2,1-4H3,(H,16,17). The van der Waals surface area contributed by atoms with Crippen molar-refractivity contribution < 1.29 is 24.2 Å². The first-order valence-corrected chi connectivity index (χ1v) is 5.95. The van der Waals surface area contributed by atoms with Crippen LogP contribution in [0.25, 0.3) is 0 Å². The molecular weight excluding hydrogens is 248 g/mol. The van der Waals surface area contributed by atoms with Gasteiger partial charge in [-0.1, -0.05) is 6.92 Å². The van der Waals surface area contributed by atoms with Gasteiger partial charge in [0, 0.05) is 0 Å². The number of aryl methyl sites for hydroxylation is 1. The van der Waals surface area contributed by atoms with Gasteiger partial charge >= 0.3 is 5.97 Å². The number of methoxy groups -OCH3 is 2. The monoisotopic (exact) mass is 266 g/mol. The van der Waals surface area contributed by atoms with Crippen LogP contribution in [-0.4, -0.2) is 31.1 Å². The lowest BCUT2D eigenvalue weighted by Gasteiger charge is -2.15. The Morgan fingerprint density at radius 2 is 1.79 bits per heavy atom. The van der Waals surface area contributed by atoms with Gasteiger partial charge in [-0.3, -0.25) is 9.59 Å². The van der Waals surface area contributed by atoms with E-state index in [1.807, 2.05) is 6.92 Å². The number of carboxylic acids is 1. The number of hydrogen-bond donors (Lipinski definition) is 1. The number of rotatable bonds is 6. The minimum absolute atomic E-state index is 0.230. The smallest absolute Gasteiger partial charge is 0.314 e. The highest BCUT2D eigenvalue weighted by Gasteiger charge is 2.28. The maximum absolute atomic E-state index is 12.3. The predicted octanol–water partition coefficient (Wildman–Crippen LogP) is 2.31. The number of ether oxygens (including phenoxy) is 2. The Hall–Kier alpha value is -2.04. The molecule has 0 heterocycles. The molecule has 0 radical (unpaired) electrons. The molecule has 1 N–H and O–H groups in total. The number of ketones is 1. The zero-order valence-corrected chi connectivity index (χ0v) is 11.5. The van der Waals surface area contributed by atoms with E-state index < -0.39 is 17.7 Å². The van der Waals surface area contributed by atoms with E-state index in [0.717, 1.165) is 5.56 Å². The Balaban J connectivity index is 3.31. The molecular formula is C14H18O5. The zero-order valence-electron chi connectivity index (χ0n) is 11.5. The first-order valence-electron chi connectivity index (χ1n) is 5.95. The largest absolute Gasteiger partial charge is 0.496 e. The summed E-state index contributed by atoms with van der Waals surface area (Å²) >= 11 is 0. The van der Waals surface area contributed by atoms with Crippen LogP contribution in [0.2, 0.25) is 0 Å².